The van der Waals surface area contributed by atoms with E-state index in [1.807, 2.05) is 0 Å². The first kappa shape index (κ1) is 20.7. The second-order valence-corrected chi connectivity index (χ2v) is 9.67. The van der Waals surface area contributed by atoms with E-state index in [0.717, 1.165) is 12.2 Å². The maximum Gasteiger partial charge on any atom is 0.0993 e. The van der Waals surface area contributed by atoms with Gasteiger partial charge in [-0.25, -0.2) is 0 Å². The van der Waals surface area contributed by atoms with Crippen molar-refractivity contribution in [2.24, 2.45) is 5.41 Å². The minimum atomic E-state index is 0.414. The maximum atomic E-state index is 5.49. The van der Waals surface area contributed by atoms with Gasteiger partial charge in [0.1, 0.15) is 0 Å². The summed E-state index contributed by atoms with van der Waals surface area (Å²) in [5.74, 6) is 1.65. The Hall–Kier alpha value is -1.58. The third-order valence-electron chi connectivity index (χ3n) is 7.62. The van der Waals surface area contributed by atoms with Crippen LogP contribution in [0.4, 0.5) is 0 Å². The molecule has 0 aromatic heterocycles. The number of hydrogen-bond donors (Lipinski definition) is 0. The first-order chi connectivity index (χ1) is 14.1. The van der Waals surface area contributed by atoms with Crippen molar-refractivity contribution in [3.05, 3.63) is 46.0 Å². The Kier molecular flexibility index (Phi) is 6.46. The van der Waals surface area contributed by atoms with E-state index in [2.05, 4.69) is 60.2 Å². The molecule has 1 aromatic rings. The predicted octanol–water partition coefficient (Wildman–Crippen LogP) is 3.48. The van der Waals surface area contributed by atoms with Crippen molar-refractivity contribution in [3.8, 4) is 0 Å². The normalized spacial score (nSPS) is 23.8. The third-order valence-corrected chi connectivity index (χ3v) is 7.62. The summed E-state index contributed by atoms with van der Waals surface area (Å²) in [5.41, 5.74) is 1.95. The predicted molar refractivity (Wildman–Crippen MR) is 122 cm³/mol. The van der Waals surface area contributed by atoms with Gasteiger partial charge in [-0.05, 0) is 47.4 Å². The summed E-state index contributed by atoms with van der Waals surface area (Å²) in [5, 5.41) is 2.68. The summed E-state index contributed by atoms with van der Waals surface area (Å²) in [6.07, 6.45) is 14.5. The van der Waals surface area contributed by atoms with Crippen molar-refractivity contribution in [2.75, 3.05) is 46.9 Å². The van der Waals surface area contributed by atoms with Crippen LogP contribution in [0.2, 0.25) is 0 Å². The largest absolute Gasteiger partial charge is 0.501 e. The lowest BCUT2D eigenvalue weighted by Crippen LogP contribution is -2.47. The zero-order valence-electron chi connectivity index (χ0n) is 18.6. The van der Waals surface area contributed by atoms with Crippen molar-refractivity contribution in [3.63, 3.8) is 0 Å². The SMILES string of the molecule is COC1=CC=c2cc(C(CN3CCN(C)CC3)C3(C)CCCCC3)ccc2=CC1. The molecule has 1 unspecified atom stereocenters. The molecule has 0 bridgehead atoms. The average Bonchev–Trinajstić information content (AvgIpc) is 2.95. The molecule has 4 rings (SSSR count). The topological polar surface area (TPSA) is 15.7 Å². The fraction of sp³-hybridized carbons (Fsp3) is 0.615. The Labute approximate surface area is 176 Å². The molecule has 29 heavy (non-hydrogen) atoms. The molecule has 3 heteroatoms. The van der Waals surface area contributed by atoms with E-state index in [-0.39, 0.29) is 0 Å². The van der Waals surface area contributed by atoms with Crippen molar-refractivity contribution < 1.29 is 4.74 Å². The van der Waals surface area contributed by atoms with E-state index >= 15 is 0 Å². The number of ether oxygens (including phenoxy) is 1. The Balaban J connectivity index is 1.67. The Bertz CT molecular complexity index is 842. The number of hydrogen-bond acceptors (Lipinski definition) is 3. The number of methoxy groups -OCH3 is 1. The second kappa shape index (κ2) is 9.06. The number of piperazine rings is 1. The molecule has 1 atom stereocenters. The van der Waals surface area contributed by atoms with E-state index in [1.54, 1.807) is 7.11 Å². The molecule has 0 N–H and O–H groups in total. The van der Waals surface area contributed by atoms with Crippen molar-refractivity contribution >= 4 is 12.2 Å². The van der Waals surface area contributed by atoms with Crippen LogP contribution in [0.5, 0.6) is 0 Å². The first-order valence-corrected chi connectivity index (χ1v) is 11.5. The highest BCUT2D eigenvalue weighted by Gasteiger charge is 2.37. The molecule has 2 fully saturated rings. The molecule has 2 aliphatic carbocycles. The van der Waals surface area contributed by atoms with E-state index in [9.17, 15) is 0 Å². The minimum Gasteiger partial charge on any atom is -0.501 e. The molecule has 1 aliphatic heterocycles. The summed E-state index contributed by atoms with van der Waals surface area (Å²) in [7, 11) is 4.02. The average molecular weight is 395 g/mol. The number of likely N-dealkylation sites (N-methyl/N-ethyl adjacent to an activating group) is 1. The molecule has 3 nitrogen and oxygen atoms in total. The van der Waals surface area contributed by atoms with Crippen LogP contribution in [0, 0.1) is 5.41 Å². The molecule has 0 spiro atoms. The molecule has 1 saturated heterocycles. The van der Waals surface area contributed by atoms with Crippen molar-refractivity contribution in [2.45, 2.75) is 51.4 Å². The Morgan fingerprint density at radius 1 is 1.00 bits per heavy atom. The highest BCUT2D eigenvalue weighted by atomic mass is 16.5. The molecule has 158 valence electrons. The summed E-state index contributed by atoms with van der Waals surface area (Å²) < 4.78 is 5.49. The maximum absolute atomic E-state index is 5.49. The molecule has 1 aromatic carbocycles. The van der Waals surface area contributed by atoms with Crippen molar-refractivity contribution in [1.82, 2.24) is 9.80 Å². The molecular formula is C26H38N2O. The second-order valence-electron chi connectivity index (χ2n) is 9.67. The molecular weight excluding hydrogens is 356 g/mol. The minimum absolute atomic E-state index is 0.414. The van der Waals surface area contributed by atoms with Crippen LogP contribution in [0.3, 0.4) is 0 Å². The molecule has 0 radical (unpaired) electrons. The van der Waals surface area contributed by atoms with Gasteiger partial charge in [0.05, 0.1) is 12.9 Å². The number of rotatable bonds is 5. The van der Waals surface area contributed by atoms with Gasteiger partial charge in [0.25, 0.3) is 0 Å². The molecule has 1 heterocycles. The van der Waals surface area contributed by atoms with Gasteiger partial charge < -0.3 is 14.5 Å². The lowest BCUT2D eigenvalue weighted by atomic mass is 9.64. The Morgan fingerprint density at radius 2 is 1.76 bits per heavy atom. The zero-order chi connectivity index (χ0) is 20.3. The van der Waals surface area contributed by atoms with Crippen molar-refractivity contribution in [1.29, 1.82) is 0 Å². The van der Waals surface area contributed by atoms with Gasteiger partial charge >= 0.3 is 0 Å². The van der Waals surface area contributed by atoms with E-state index in [1.165, 1.54) is 80.8 Å². The standard InChI is InChI=1S/C26H38N2O/c1-26(13-5-4-6-14-26)25(20-28-17-15-27(2)16-18-28)23-8-7-21-9-11-24(29-3)12-10-22(21)19-23/h7-10,12,19,25H,4-6,11,13-18,20H2,1-3H3. The van der Waals surface area contributed by atoms with Crippen LogP contribution in [0.15, 0.2) is 30.0 Å². The fourth-order valence-corrected chi connectivity index (χ4v) is 5.48. The first-order valence-electron chi connectivity index (χ1n) is 11.5. The number of benzene rings is 1. The molecule has 0 amide bonds. The molecule has 3 aliphatic rings. The lowest BCUT2D eigenvalue weighted by molar-refractivity contribution is 0.0956. The van der Waals surface area contributed by atoms with Crippen LogP contribution >= 0.6 is 0 Å². The zero-order valence-corrected chi connectivity index (χ0v) is 18.6. The summed E-state index contributed by atoms with van der Waals surface area (Å²) in [6.45, 7) is 8.56. The van der Waals surface area contributed by atoms with Gasteiger partial charge in [0.15, 0.2) is 0 Å². The number of nitrogens with zero attached hydrogens (tertiary/aromatic N) is 2. The van der Waals surface area contributed by atoms with Gasteiger partial charge in [-0.3, -0.25) is 0 Å². The highest BCUT2D eigenvalue weighted by molar-refractivity contribution is 5.47. The monoisotopic (exact) mass is 394 g/mol. The number of allylic oxidation sites excluding steroid dienone is 2. The van der Waals surface area contributed by atoms with Gasteiger partial charge in [0, 0.05) is 45.1 Å². The van der Waals surface area contributed by atoms with Crippen LogP contribution in [-0.2, 0) is 4.74 Å². The van der Waals surface area contributed by atoms with Gasteiger partial charge in [-0.15, -0.1) is 0 Å². The highest BCUT2D eigenvalue weighted by Crippen LogP contribution is 2.47. The quantitative estimate of drug-likeness (QED) is 0.760. The smallest absolute Gasteiger partial charge is 0.0993 e. The summed E-state index contributed by atoms with van der Waals surface area (Å²) in [4.78, 5) is 5.18. The van der Waals surface area contributed by atoms with E-state index in [0.29, 0.717) is 11.3 Å². The molecule has 1 saturated carbocycles. The Morgan fingerprint density at radius 3 is 2.48 bits per heavy atom. The van der Waals surface area contributed by atoms with Crippen LogP contribution in [0.25, 0.3) is 12.2 Å². The number of fused-ring (bicyclic) bond motifs is 1. The fourth-order valence-electron chi connectivity index (χ4n) is 5.48. The van der Waals surface area contributed by atoms with E-state index < -0.39 is 0 Å². The van der Waals surface area contributed by atoms with Crippen LogP contribution < -0.4 is 10.4 Å². The van der Waals surface area contributed by atoms with Gasteiger partial charge in [0.2, 0.25) is 0 Å². The summed E-state index contributed by atoms with van der Waals surface area (Å²) in [6, 6.07) is 7.24. The third kappa shape index (κ3) is 4.78. The van der Waals surface area contributed by atoms with Crippen LogP contribution in [0.1, 0.15) is 56.9 Å². The van der Waals surface area contributed by atoms with Gasteiger partial charge in [-0.1, -0.05) is 56.5 Å². The van der Waals surface area contributed by atoms with Gasteiger partial charge in [-0.2, -0.15) is 0 Å². The van der Waals surface area contributed by atoms with Crippen LogP contribution in [-0.4, -0.2) is 56.7 Å². The lowest BCUT2D eigenvalue weighted by Gasteiger charge is -2.44. The van der Waals surface area contributed by atoms with E-state index in [4.69, 9.17) is 4.74 Å². The summed E-state index contributed by atoms with van der Waals surface area (Å²) >= 11 is 0.